The van der Waals surface area contributed by atoms with E-state index < -0.39 is 29.7 Å². The van der Waals surface area contributed by atoms with Crippen molar-refractivity contribution in [3.05, 3.63) is 15.6 Å². The molecule has 0 saturated heterocycles. The molecule has 0 saturated carbocycles. The Kier molecular flexibility index (Phi) is 8.83. The van der Waals surface area contributed by atoms with Crippen LogP contribution in [0.5, 0.6) is 0 Å². The van der Waals surface area contributed by atoms with Gasteiger partial charge in [0.25, 0.3) is 0 Å². The van der Waals surface area contributed by atoms with Gasteiger partial charge in [0, 0.05) is 31.3 Å². The maximum atomic E-state index is 12.6. The van der Waals surface area contributed by atoms with Crippen LogP contribution in [0.3, 0.4) is 0 Å². The lowest BCUT2D eigenvalue weighted by Crippen LogP contribution is -2.44. The second-order valence-corrected chi connectivity index (χ2v) is 10.0. The quantitative estimate of drug-likeness (QED) is 0.574. The Morgan fingerprint density at radius 3 is 2.10 bits per heavy atom. The Morgan fingerprint density at radius 1 is 1.17 bits per heavy atom. The number of hydrogen-bond donors (Lipinski definition) is 1. The van der Waals surface area contributed by atoms with Crippen molar-refractivity contribution in [1.82, 2.24) is 9.88 Å². The summed E-state index contributed by atoms with van der Waals surface area (Å²) in [7, 11) is 1.65. The number of aromatic carboxylic acids is 1. The number of carboxylic acid groups (broad SMARTS) is 1. The van der Waals surface area contributed by atoms with E-state index in [1.165, 1.54) is 23.2 Å². The average molecular weight is 443 g/mol. The Labute approximate surface area is 182 Å². The van der Waals surface area contributed by atoms with Crippen molar-refractivity contribution < 1.29 is 29.0 Å². The first kappa shape index (κ1) is 25.9. The van der Waals surface area contributed by atoms with E-state index in [9.17, 15) is 19.5 Å². The Balaban J connectivity index is 3.27. The van der Waals surface area contributed by atoms with Crippen LogP contribution in [0.15, 0.2) is 0 Å². The third-order valence-electron chi connectivity index (χ3n) is 4.38. The van der Waals surface area contributed by atoms with Gasteiger partial charge in [0.15, 0.2) is 11.8 Å². The average Bonchev–Trinajstić information content (AvgIpc) is 3.01. The van der Waals surface area contributed by atoms with Gasteiger partial charge >= 0.3 is 18.0 Å². The van der Waals surface area contributed by atoms with Gasteiger partial charge in [-0.05, 0) is 32.6 Å². The van der Waals surface area contributed by atoms with E-state index in [0.717, 1.165) is 0 Å². The Hall–Kier alpha value is -2.16. The lowest BCUT2D eigenvalue weighted by Gasteiger charge is -2.34. The summed E-state index contributed by atoms with van der Waals surface area (Å²) in [5.74, 6) is -1.62. The zero-order chi connectivity index (χ0) is 23.4. The van der Waals surface area contributed by atoms with Gasteiger partial charge in [0.05, 0.1) is 0 Å². The van der Waals surface area contributed by atoms with Crippen molar-refractivity contribution in [2.75, 3.05) is 7.05 Å². The van der Waals surface area contributed by atoms with Crippen LogP contribution >= 0.6 is 11.3 Å². The van der Waals surface area contributed by atoms with Gasteiger partial charge in [-0.15, -0.1) is 11.3 Å². The Bertz CT molecular complexity index is 766. The number of amides is 1. The molecule has 170 valence electrons. The number of rotatable bonds is 8. The fourth-order valence-corrected chi connectivity index (χ4v) is 4.10. The molecular weight excluding hydrogens is 408 g/mol. The molecule has 30 heavy (non-hydrogen) atoms. The van der Waals surface area contributed by atoms with Gasteiger partial charge in [-0.25, -0.2) is 14.6 Å². The smallest absolute Gasteiger partial charge is 0.410 e. The summed E-state index contributed by atoms with van der Waals surface area (Å²) in [6, 6.07) is -0.316. The fourth-order valence-electron chi connectivity index (χ4n) is 3.00. The molecule has 0 aliphatic rings. The predicted molar refractivity (Wildman–Crippen MR) is 115 cm³/mol. The highest BCUT2D eigenvalue weighted by atomic mass is 32.1. The van der Waals surface area contributed by atoms with Crippen molar-refractivity contribution in [3.8, 4) is 0 Å². The van der Waals surface area contributed by atoms with Crippen molar-refractivity contribution in [3.63, 3.8) is 0 Å². The number of aromatic nitrogens is 1. The van der Waals surface area contributed by atoms with Crippen molar-refractivity contribution in [2.24, 2.45) is 5.92 Å². The number of hydrogen-bond acceptors (Lipinski definition) is 7. The zero-order valence-electron chi connectivity index (χ0n) is 19.3. The van der Waals surface area contributed by atoms with E-state index in [1.807, 2.05) is 27.7 Å². The van der Waals surface area contributed by atoms with E-state index in [0.29, 0.717) is 9.88 Å². The third-order valence-corrected chi connectivity index (χ3v) is 5.83. The summed E-state index contributed by atoms with van der Waals surface area (Å²) in [5, 5.41) is 9.91. The summed E-state index contributed by atoms with van der Waals surface area (Å²) in [4.78, 5) is 42.4. The van der Waals surface area contributed by atoms with Gasteiger partial charge in [-0.1, -0.05) is 27.7 Å². The molecule has 0 spiro atoms. The minimum absolute atomic E-state index is 0.0243. The minimum Gasteiger partial charge on any atom is -0.476 e. The molecule has 8 nitrogen and oxygen atoms in total. The van der Waals surface area contributed by atoms with Crippen LogP contribution in [-0.4, -0.2) is 51.7 Å². The highest BCUT2D eigenvalue weighted by Gasteiger charge is 2.33. The molecular formula is C21H34N2O6S. The van der Waals surface area contributed by atoms with Crippen LogP contribution < -0.4 is 0 Å². The minimum atomic E-state index is -1.12. The van der Waals surface area contributed by atoms with E-state index in [2.05, 4.69) is 4.98 Å². The van der Waals surface area contributed by atoms with Crippen LogP contribution in [0.1, 0.15) is 94.2 Å². The number of ether oxygens (including phenoxy) is 2. The van der Waals surface area contributed by atoms with E-state index in [1.54, 1.807) is 27.8 Å². The molecule has 1 N–H and O–H groups in total. The molecule has 0 aliphatic carbocycles. The topological polar surface area (TPSA) is 106 Å². The van der Waals surface area contributed by atoms with Crippen molar-refractivity contribution >= 4 is 29.4 Å². The van der Waals surface area contributed by atoms with Crippen LogP contribution in [-0.2, 0) is 14.3 Å². The summed E-state index contributed by atoms with van der Waals surface area (Å²) in [6.45, 7) is 14.4. The van der Waals surface area contributed by atoms with Crippen molar-refractivity contribution in [1.29, 1.82) is 0 Å². The van der Waals surface area contributed by atoms with Crippen LogP contribution in [0.25, 0.3) is 0 Å². The van der Waals surface area contributed by atoms with Gasteiger partial charge in [-0.2, -0.15) is 0 Å². The summed E-state index contributed by atoms with van der Waals surface area (Å²) < 4.78 is 11.0. The number of thiazole rings is 1. The number of carboxylic acids is 1. The maximum absolute atomic E-state index is 12.6. The lowest BCUT2D eigenvalue weighted by atomic mass is 9.96. The molecule has 0 radical (unpaired) electrons. The number of nitrogens with zero attached hydrogens (tertiary/aromatic N) is 2. The van der Waals surface area contributed by atoms with E-state index in [-0.39, 0.29) is 30.0 Å². The van der Waals surface area contributed by atoms with Crippen LogP contribution in [0.4, 0.5) is 4.79 Å². The summed E-state index contributed by atoms with van der Waals surface area (Å²) in [5.41, 5.74) is -0.663. The zero-order valence-corrected chi connectivity index (χ0v) is 20.1. The molecule has 1 aromatic heterocycles. The van der Waals surface area contributed by atoms with Crippen LogP contribution in [0.2, 0.25) is 0 Å². The monoisotopic (exact) mass is 442 g/mol. The first-order valence-electron chi connectivity index (χ1n) is 10.0. The molecule has 0 unspecified atom stereocenters. The number of esters is 1. The van der Waals surface area contributed by atoms with Crippen molar-refractivity contribution in [2.45, 2.75) is 85.5 Å². The van der Waals surface area contributed by atoms with Gasteiger partial charge < -0.3 is 19.5 Å². The lowest BCUT2D eigenvalue weighted by molar-refractivity contribution is -0.147. The van der Waals surface area contributed by atoms with Crippen LogP contribution in [0, 0.1) is 5.92 Å². The molecule has 0 bridgehead atoms. The molecule has 1 amide bonds. The SMILES string of the molecule is CC(=O)O[C@H](C[C@H](C(C)C)N(C)C(=O)OC(C)(C)C)c1nc(C(=O)O)c(C(C)C)s1. The maximum Gasteiger partial charge on any atom is 0.410 e. The molecule has 1 heterocycles. The van der Waals surface area contributed by atoms with E-state index >= 15 is 0 Å². The summed E-state index contributed by atoms with van der Waals surface area (Å²) in [6.07, 6.45) is -0.969. The highest BCUT2D eigenvalue weighted by Crippen LogP contribution is 2.35. The molecule has 0 fully saturated rings. The fraction of sp³-hybridized carbons (Fsp3) is 0.714. The Morgan fingerprint density at radius 2 is 1.73 bits per heavy atom. The van der Waals surface area contributed by atoms with Gasteiger partial charge in [-0.3, -0.25) is 4.79 Å². The molecule has 9 heteroatoms. The third kappa shape index (κ3) is 7.27. The highest BCUT2D eigenvalue weighted by molar-refractivity contribution is 7.12. The molecule has 2 atom stereocenters. The molecule has 1 aromatic rings. The van der Waals surface area contributed by atoms with Gasteiger partial charge in [0.2, 0.25) is 0 Å². The van der Waals surface area contributed by atoms with Gasteiger partial charge in [0.1, 0.15) is 10.6 Å². The second-order valence-electron chi connectivity index (χ2n) is 8.96. The number of carbonyl (C=O) groups excluding carboxylic acids is 2. The normalized spacial score (nSPS) is 13.8. The molecule has 1 rings (SSSR count). The largest absolute Gasteiger partial charge is 0.476 e. The summed E-state index contributed by atoms with van der Waals surface area (Å²) >= 11 is 1.23. The first-order valence-corrected chi connectivity index (χ1v) is 10.8. The standard InChI is InChI=1S/C21H34N2O6S/c1-11(2)14(23(9)20(27)29-21(6,7)8)10-15(28-13(5)24)18-22-16(19(25)26)17(30-18)12(3)4/h11-12,14-15H,10H2,1-9H3,(H,25,26)/t14-,15-/m1/s1. The molecule has 0 aromatic carbocycles. The van der Waals surface area contributed by atoms with E-state index in [4.69, 9.17) is 9.47 Å². The molecule has 0 aliphatic heterocycles. The number of carbonyl (C=O) groups is 3. The second kappa shape index (κ2) is 10.2. The first-order chi connectivity index (χ1) is 13.6. The predicted octanol–water partition coefficient (Wildman–Crippen LogP) is 4.85.